The van der Waals surface area contributed by atoms with Gasteiger partial charge in [0.15, 0.2) is 0 Å². The third kappa shape index (κ3) is 2.93. The average Bonchev–Trinajstić information content (AvgIpc) is 2.85. The first-order valence-corrected chi connectivity index (χ1v) is 6.51. The van der Waals surface area contributed by atoms with E-state index in [1.165, 1.54) is 0 Å². The third-order valence-corrected chi connectivity index (χ3v) is 3.63. The van der Waals surface area contributed by atoms with E-state index in [0.717, 1.165) is 38.1 Å². The van der Waals surface area contributed by atoms with Gasteiger partial charge >= 0.3 is 0 Å². The van der Waals surface area contributed by atoms with Gasteiger partial charge in [0.25, 0.3) is 0 Å². The molecule has 5 heteroatoms. The maximum absolute atomic E-state index is 13.3. The molecular formula is C13H16ClF2NO. The highest BCUT2D eigenvalue weighted by atomic mass is 35.5. The second-order valence-electron chi connectivity index (χ2n) is 4.52. The Morgan fingerprint density at radius 1 is 1.50 bits per heavy atom. The lowest BCUT2D eigenvalue weighted by Gasteiger charge is -2.23. The summed E-state index contributed by atoms with van der Waals surface area (Å²) in [6.07, 6.45) is 1.72. The summed E-state index contributed by atoms with van der Waals surface area (Å²) in [6, 6.07) is 1.89. The minimum Gasteiger partial charge on any atom is -0.488 e. The van der Waals surface area contributed by atoms with Gasteiger partial charge < -0.3 is 10.1 Å². The van der Waals surface area contributed by atoms with E-state index in [1.807, 2.05) is 6.92 Å². The van der Waals surface area contributed by atoms with E-state index in [0.29, 0.717) is 5.92 Å². The molecule has 1 aromatic carbocycles. The number of hydrogen-bond acceptors (Lipinski definition) is 2. The Balaban J connectivity index is 2.16. The standard InChI is InChI=1S/C13H16ClF2NO/c1-2-11(8-3-4-17-7-8)18-12-6-9(15)5-10(16)13(12)14/h5-6,8,11,17H,2-4,7H2,1H3/t8-,11+/m0/s1. The van der Waals surface area contributed by atoms with Crippen molar-refractivity contribution in [2.75, 3.05) is 13.1 Å². The van der Waals surface area contributed by atoms with E-state index in [1.54, 1.807) is 0 Å². The topological polar surface area (TPSA) is 21.3 Å². The summed E-state index contributed by atoms with van der Waals surface area (Å²) in [5.41, 5.74) is 0. The van der Waals surface area contributed by atoms with E-state index in [9.17, 15) is 8.78 Å². The number of hydrogen-bond donors (Lipinski definition) is 1. The van der Waals surface area contributed by atoms with Crippen molar-refractivity contribution >= 4 is 11.6 Å². The van der Waals surface area contributed by atoms with E-state index >= 15 is 0 Å². The second kappa shape index (κ2) is 5.85. The van der Waals surface area contributed by atoms with E-state index < -0.39 is 11.6 Å². The molecule has 0 radical (unpaired) electrons. The molecule has 1 saturated heterocycles. The molecule has 2 nitrogen and oxygen atoms in total. The molecule has 18 heavy (non-hydrogen) atoms. The maximum atomic E-state index is 13.3. The van der Waals surface area contributed by atoms with Gasteiger partial charge in [-0.15, -0.1) is 0 Å². The summed E-state index contributed by atoms with van der Waals surface area (Å²) in [5.74, 6) is -1.01. The second-order valence-corrected chi connectivity index (χ2v) is 4.90. The Kier molecular flexibility index (Phi) is 4.40. The van der Waals surface area contributed by atoms with Gasteiger partial charge in [-0.1, -0.05) is 18.5 Å². The Bertz CT molecular complexity index is 422. The van der Waals surface area contributed by atoms with Crippen LogP contribution in [0.2, 0.25) is 5.02 Å². The fraction of sp³-hybridized carbons (Fsp3) is 0.538. The van der Waals surface area contributed by atoms with Crippen LogP contribution in [0, 0.1) is 17.6 Å². The highest BCUT2D eigenvalue weighted by Crippen LogP contribution is 2.31. The van der Waals surface area contributed by atoms with Gasteiger partial charge in [-0.2, -0.15) is 0 Å². The smallest absolute Gasteiger partial charge is 0.148 e. The lowest BCUT2D eigenvalue weighted by Crippen LogP contribution is -2.28. The first kappa shape index (κ1) is 13.6. The predicted octanol–water partition coefficient (Wildman–Crippen LogP) is 3.39. The summed E-state index contributed by atoms with van der Waals surface area (Å²) < 4.78 is 32.1. The molecule has 1 fully saturated rings. The number of halogens is 3. The van der Waals surface area contributed by atoms with Gasteiger partial charge in [0.1, 0.15) is 28.5 Å². The van der Waals surface area contributed by atoms with Crippen LogP contribution >= 0.6 is 11.6 Å². The molecule has 1 aromatic rings. The summed E-state index contributed by atoms with van der Waals surface area (Å²) in [5, 5.41) is 3.10. The van der Waals surface area contributed by atoms with Gasteiger partial charge in [0.05, 0.1) is 0 Å². The molecule has 0 aliphatic carbocycles. The van der Waals surface area contributed by atoms with Crippen LogP contribution in [0.25, 0.3) is 0 Å². The molecule has 0 unspecified atom stereocenters. The monoisotopic (exact) mass is 275 g/mol. The third-order valence-electron chi connectivity index (χ3n) is 3.26. The Morgan fingerprint density at radius 2 is 2.28 bits per heavy atom. The number of ether oxygens (including phenoxy) is 1. The molecule has 0 amide bonds. The minimum absolute atomic E-state index is 0.0706. The number of nitrogens with one attached hydrogen (secondary N) is 1. The summed E-state index contributed by atoms with van der Waals surface area (Å²) in [6.45, 7) is 3.82. The molecule has 1 aliphatic rings. The minimum atomic E-state index is -0.786. The molecule has 0 spiro atoms. The van der Waals surface area contributed by atoms with E-state index in [2.05, 4.69) is 5.32 Å². The molecule has 0 saturated carbocycles. The van der Waals surface area contributed by atoms with Crippen LogP contribution in [0.5, 0.6) is 5.75 Å². The van der Waals surface area contributed by atoms with Gasteiger partial charge in [-0.25, -0.2) is 8.78 Å². The van der Waals surface area contributed by atoms with Crippen LogP contribution in [0.1, 0.15) is 19.8 Å². The largest absolute Gasteiger partial charge is 0.488 e. The van der Waals surface area contributed by atoms with Crippen molar-refractivity contribution in [2.24, 2.45) is 5.92 Å². The van der Waals surface area contributed by atoms with Crippen LogP contribution in [-0.4, -0.2) is 19.2 Å². The Labute approximate surface area is 110 Å². The molecule has 0 aromatic heterocycles. The molecule has 2 rings (SSSR count). The lowest BCUT2D eigenvalue weighted by atomic mass is 9.99. The van der Waals surface area contributed by atoms with Crippen molar-refractivity contribution in [3.8, 4) is 5.75 Å². The molecular weight excluding hydrogens is 260 g/mol. The Hall–Kier alpha value is -0.870. The van der Waals surface area contributed by atoms with Crippen molar-refractivity contribution in [2.45, 2.75) is 25.9 Å². The zero-order chi connectivity index (χ0) is 13.1. The van der Waals surface area contributed by atoms with Crippen LogP contribution in [0.4, 0.5) is 8.78 Å². The van der Waals surface area contributed by atoms with Crippen LogP contribution < -0.4 is 10.1 Å². The lowest BCUT2D eigenvalue weighted by molar-refractivity contribution is 0.137. The SMILES string of the molecule is CC[C@@H](Oc1cc(F)cc(F)c1Cl)[C@H]1CCNC1. The van der Waals surface area contributed by atoms with E-state index in [-0.39, 0.29) is 16.9 Å². The quantitative estimate of drug-likeness (QED) is 0.851. The highest BCUT2D eigenvalue weighted by Gasteiger charge is 2.26. The zero-order valence-corrected chi connectivity index (χ0v) is 10.9. The van der Waals surface area contributed by atoms with E-state index in [4.69, 9.17) is 16.3 Å². The molecule has 1 N–H and O–H groups in total. The molecule has 1 aliphatic heterocycles. The molecule has 2 atom stereocenters. The van der Waals surface area contributed by atoms with Crippen molar-refractivity contribution in [1.29, 1.82) is 0 Å². The van der Waals surface area contributed by atoms with Gasteiger partial charge in [-0.3, -0.25) is 0 Å². The fourth-order valence-corrected chi connectivity index (χ4v) is 2.44. The normalized spacial score (nSPS) is 21.0. The molecule has 0 bridgehead atoms. The summed E-state index contributed by atoms with van der Waals surface area (Å²) >= 11 is 5.79. The first-order valence-electron chi connectivity index (χ1n) is 6.13. The van der Waals surface area contributed by atoms with Crippen molar-refractivity contribution in [3.05, 3.63) is 28.8 Å². The van der Waals surface area contributed by atoms with Crippen molar-refractivity contribution in [1.82, 2.24) is 5.32 Å². The van der Waals surface area contributed by atoms with Crippen molar-refractivity contribution < 1.29 is 13.5 Å². The van der Waals surface area contributed by atoms with Gasteiger partial charge in [-0.05, 0) is 19.4 Å². The summed E-state index contributed by atoms with van der Waals surface area (Å²) in [7, 11) is 0. The van der Waals surface area contributed by atoms with Crippen LogP contribution in [-0.2, 0) is 0 Å². The maximum Gasteiger partial charge on any atom is 0.148 e. The zero-order valence-electron chi connectivity index (χ0n) is 10.2. The predicted molar refractivity (Wildman–Crippen MR) is 67.1 cm³/mol. The summed E-state index contributed by atoms with van der Waals surface area (Å²) in [4.78, 5) is 0. The van der Waals surface area contributed by atoms with Crippen LogP contribution in [0.15, 0.2) is 12.1 Å². The highest BCUT2D eigenvalue weighted by molar-refractivity contribution is 6.32. The fourth-order valence-electron chi connectivity index (χ4n) is 2.29. The van der Waals surface area contributed by atoms with Gasteiger partial charge in [0.2, 0.25) is 0 Å². The number of benzene rings is 1. The first-order chi connectivity index (χ1) is 8.61. The number of rotatable bonds is 4. The average molecular weight is 276 g/mol. The van der Waals surface area contributed by atoms with Crippen molar-refractivity contribution in [3.63, 3.8) is 0 Å². The van der Waals surface area contributed by atoms with Gasteiger partial charge in [0, 0.05) is 24.6 Å². The Morgan fingerprint density at radius 3 is 2.89 bits per heavy atom. The van der Waals surface area contributed by atoms with Crippen LogP contribution in [0.3, 0.4) is 0 Å². The molecule has 1 heterocycles. The molecule has 100 valence electrons.